The normalized spacial score (nSPS) is 30.9. The first-order valence-corrected chi connectivity index (χ1v) is 8.31. The van der Waals surface area contributed by atoms with Gasteiger partial charge in [-0.25, -0.2) is 0 Å². The summed E-state index contributed by atoms with van der Waals surface area (Å²) < 4.78 is 0. The molecule has 0 aromatic heterocycles. The summed E-state index contributed by atoms with van der Waals surface area (Å²) in [6, 6.07) is 0.936. The third-order valence-electron chi connectivity index (χ3n) is 5.01. The molecule has 2 aliphatic rings. The van der Waals surface area contributed by atoms with Crippen LogP contribution in [0.15, 0.2) is 0 Å². The molecule has 2 N–H and O–H groups in total. The Morgan fingerprint density at radius 3 is 2.65 bits per heavy atom. The molecule has 2 heterocycles. The number of rotatable bonds is 4. The van der Waals surface area contributed by atoms with E-state index in [1.165, 1.54) is 25.9 Å². The van der Waals surface area contributed by atoms with Crippen LogP contribution in [-0.4, -0.2) is 49.1 Å². The molecule has 0 aromatic rings. The largest absolute Gasteiger partial charge is 0.354 e. The van der Waals surface area contributed by atoms with E-state index >= 15 is 0 Å². The number of nitrogens with zero attached hydrogens (tertiary/aromatic N) is 1. The van der Waals surface area contributed by atoms with E-state index in [9.17, 15) is 4.79 Å². The van der Waals surface area contributed by atoms with Gasteiger partial charge in [0, 0.05) is 24.5 Å². The molecule has 4 nitrogen and oxygen atoms in total. The van der Waals surface area contributed by atoms with Crippen LogP contribution in [0, 0.1) is 11.8 Å². The van der Waals surface area contributed by atoms with Crippen molar-refractivity contribution in [2.24, 2.45) is 11.8 Å². The summed E-state index contributed by atoms with van der Waals surface area (Å²) in [6.07, 6.45) is 4.54. The summed E-state index contributed by atoms with van der Waals surface area (Å²) in [6.45, 7) is 10.9. The van der Waals surface area contributed by atoms with Crippen LogP contribution in [0.5, 0.6) is 0 Å². The lowest BCUT2D eigenvalue weighted by atomic mass is 9.92. The Labute approximate surface area is 123 Å². The summed E-state index contributed by atoms with van der Waals surface area (Å²) in [5.41, 5.74) is 0. The summed E-state index contributed by atoms with van der Waals surface area (Å²) in [4.78, 5) is 14.7. The smallest absolute Gasteiger partial charge is 0.223 e. The fourth-order valence-electron chi connectivity index (χ4n) is 3.36. The molecule has 4 heteroatoms. The van der Waals surface area contributed by atoms with Gasteiger partial charge in [-0.3, -0.25) is 9.69 Å². The zero-order chi connectivity index (χ0) is 14.5. The molecule has 20 heavy (non-hydrogen) atoms. The van der Waals surface area contributed by atoms with Gasteiger partial charge in [-0.2, -0.15) is 0 Å². The fourth-order valence-corrected chi connectivity index (χ4v) is 3.36. The van der Waals surface area contributed by atoms with Gasteiger partial charge in [0.2, 0.25) is 5.91 Å². The Bertz CT molecular complexity index is 313. The minimum atomic E-state index is 0.208. The highest BCUT2D eigenvalue weighted by Gasteiger charge is 2.26. The number of nitrogens with one attached hydrogen (secondary N) is 2. The van der Waals surface area contributed by atoms with E-state index in [-0.39, 0.29) is 11.8 Å². The lowest BCUT2D eigenvalue weighted by molar-refractivity contribution is -0.126. The van der Waals surface area contributed by atoms with E-state index in [1.54, 1.807) is 0 Å². The zero-order valence-electron chi connectivity index (χ0n) is 13.3. The van der Waals surface area contributed by atoms with E-state index < -0.39 is 0 Å². The van der Waals surface area contributed by atoms with Gasteiger partial charge >= 0.3 is 0 Å². The second-order valence-electron chi connectivity index (χ2n) is 6.89. The maximum absolute atomic E-state index is 12.2. The first kappa shape index (κ1) is 15.8. The van der Waals surface area contributed by atoms with E-state index in [4.69, 9.17) is 0 Å². The maximum Gasteiger partial charge on any atom is 0.223 e. The van der Waals surface area contributed by atoms with Crippen LogP contribution >= 0.6 is 0 Å². The number of piperidine rings is 2. The molecule has 2 rings (SSSR count). The monoisotopic (exact) mass is 281 g/mol. The van der Waals surface area contributed by atoms with Gasteiger partial charge in [0.25, 0.3) is 0 Å². The summed E-state index contributed by atoms with van der Waals surface area (Å²) in [7, 11) is 0. The van der Waals surface area contributed by atoms with Crippen LogP contribution in [0.2, 0.25) is 0 Å². The van der Waals surface area contributed by atoms with E-state index in [0.29, 0.717) is 12.1 Å². The van der Waals surface area contributed by atoms with Crippen molar-refractivity contribution < 1.29 is 4.79 Å². The lowest BCUT2D eigenvalue weighted by Gasteiger charge is -2.35. The summed E-state index contributed by atoms with van der Waals surface area (Å²) in [5, 5.41) is 6.57. The van der Waals surface area contributed by atoms with Crippen molar-refractivity contribution in [1.82, 2.24) is 15.5 Å². The zero-order valence-corrected chi connectivity index (χ0v) is 13.3. The molecule has 2 fully saturated rings. The number of hydrogen-bond donors (Lipinski definition) is 2. The third kappa shape index (κ3) is 4.45. The van der Waals surface area contributed by atoms with Gasteiger partial charge in [0.15, 0.2) is 0 Å². The van der Waals surface area contributed by atoms with Crippen LogP contribution in [0.25, 0.3) is 0 Å². The standard InChI is InChI=1S/C16H31N3O/c1-12-5-8-19(9-6-12)14(3)11-18-16(20)15-4-7-17-13(2)10-15/h12-15,17H,4-11H2,1-3H3,(H,18,20)/t13-,14?,15-/m0/s1. The lowest BCUT2D eigenvalue weighted by Crippen LogP contribution is -2.48. The Morgan fingerprint density at radius 2 is 2.00 bits per heavy atom. The van der Waals surface area contributed by atoms with E-state index in [2.05, 4.69) is 36.3 Å². The van der Waals surface area contributed by atoms with Crippen LogP contribution in [0.3, 0.4) is 0 Å². The van der Waals surface area contributed by atoms with Crippen LogP contribution in [-0.2, 0) is 4.79 Å². The summed E-state index contributed by atoms with van der Waals surface area (Å²) >= 11 is 0. The third-order valence-corrected chi connectivity index (χ3v) is 5.01. The SMILES string of the molecule is CC1CCN(C(C)CNC(=O)[C@H]2CCN[C@@H](C)C2)CC1. The molecule has 0 aliphatic carbocycles. The fraction of sp³-hybridized carbons (Fsp3) is 0.938. The van der Waals surface area contributed by atoms with Gasteiger partial charge in [-0.05, 0) is 65.1 Å². The average molecular weight is 281 g/mol. The Kier molecular flexibility index (Phi) is 5.85. The highest BCUT2D eigenvalue weighted by Crippen LogP contribution is 2.18. The first-order chi connectivity index (χ1) is 9.56. The Balaban J connectivity index is 1.69. The molecule has 0 aromatic carbocycles. The van der Waals surface area contributed by atoms with Crippen molar-refractivity contribution in [3.8, 4) is 0 Å². The van der Waals surface area contributed by atoms with Crippen molar-refractivity contribution in [3.05, 3.63) is 0 Å². The first-order valence-electron chi connectivity index (χ1n) is 8.31. The van der Waals surface area contributed by atoms with Gasteiger partial charge < -0.3 is 10.6 Å². The molecule has 116 valence electrons. The van der Waals surface area contributed by atoms with Crippen LogP contribution < -0.4 is 10.6 Å². The topological polar surface area (TPSA) is 44.4 Å². The van der Waals surface area contributed by atoms with Gasteiger partial charge in [0.05, 0.1) is 0 Å². The second-order valence-corrected chi connectivity index (χ2v) is 6.89. The number of amides is 1. The van der Waals surface area contributed by atoms with Crippen molar-refractivity contribution in [1.29, 1.82) is 0 Å². The molecular weight excluding hydrogens is 250 g/mol. The molecule has 0 spiro atoms. The van der Waals surface area contributed by atoms with Gasteiger partial charge in [-0.15, -0.1) is 0 Å². The van der Waals surface area contributed by atoms with E-state index in [0.717, 1.165) is 31.8 Å². The second kappa shape index (κ2) is 7.41. The van der Waals surface area contributed by atoms with Crippen LogP contribution in [0.4, 0.5) is 0 Å². The van der Waals surface area contributed by atoms with Gasteiger partial charge in [0.1, 0.15) is 0 Å². The highest BCUT2D eigenvalue weighted by molar-refractivity contribution is 5.78. The number of likely N-dealkylation sites (tertiary alicyclic amines) is 1. The minimum absolute atomic E-state index is 0.208. The minimum Gasteiger partial charge on any atom is -0.354 e. The molecule has 2 aliphatic heterocycles. The predicted octanol–water partition coefficient (Wildman–Crippen LogP) is 1.61. The maximum atomic E-state index is 12.2. The molecule has 2 saturated heterocycles. The van der Waals surface area contributed by atoms with Crippen LogP contribution in [0.1, 0.15) is 46.5 Å². The quantitative estimate of drug-likeness (QED) is 0.823. The van der Waals surface area contributed by atoms with Gasteiger partial charge in [-0.1, -0.05) is 6.92 Å². The molecule has 3 atom stereocenters. The average Bonchev–Trinajstić information content (AvgIpc) is 2.45. The number of carbonyl (C=O) groups excluding carboxylic acids is 1. The molecule has 1 unspecified atom stereocenters. The summed E-state index contributed by atoms with van der Waals surface area (Å²) in [5.74, 6) is 1.33. The predicted molar refractivity (Wildman–Crippen MR) is 82.6 cm³/mol. The Hall–Kier alpha value is -0.610. The highest BCUT2D eigenvalue weighted by atomic mass is 16.1. The number of hydrogen-bond acceptors (Lipinski definition) is 3. The molecule has 0 radical (unpaired) electrons. The van der Waals surface area contributed by atoms with Crippen molar-refractivity contribution in [2.75, 3.05) is 26.2 Å². The molecule has 0 saturated carbocycles. The molecular formula is C16H31N3O. The Morgan fingerprint density at radius 1 is 1.30 bits per heavy atom. The van der Waals surface area contributed by atoms with Crippen molar-refractivity contribution in [2.45, 2.75) is 58.5 Å². The molecule has 0 bridgehead atoms. The van der Waals surface area contributed by atoms with E-state index in [1.807, 2.05) is 0 Å². The number of carbonyl (C=O) groups is 1. The molecule has 1 amide bonds. The van der Waals surface area contributed by atoms with Crippen molar-refractivity contribution in [3.63, 3.8) is 0 Å². The van der Waals surface area contributed by atoms with Crippen molar-refractivity contribution >= 4 is 5.91 Å².